The van der Waals surface area contributed by atoms with Crippen molar-refractivity contribution in [1.82, 2.24) is 10.2 Å². The first-order valence-corrected chi connectivity index (χ1v) is 7.90. The molecule has 0 radical (unpaired) electrons. The minimum atomic E-state index is -0.346. The van der Waals surface area contributed by atoms with Gasteiger partial charge in [0.05, 0.1) is 18.2 Å². The molecule has 2 N–H and O–H groups in total. The van der Waals surface area contributed by atoms with Gasteiger partial charge in [-0.2, -0.15) is 0 Å². The highest BCUT2D eigenvalue weighted by molar-refractivity contribution is 5.24. The van der Waals surface area contributed by atoms with Gasteiger partial charge in [0.2, 0.25) is 0 Å². The lowest BCUT2D eigenvalue weighted by Gasteiger charge is -2.35. The molecule has 1 saturated heterocycles. The second-order valence-corrected chi connectivity index (χ2v) is 5.83. The van der Waals surface area contributed by atoms with Crippen LogP contribution < -0.4 is 5.32 Å². The third-order valence-corrected chi connectivity index (χ3v) is 4.53. The van der Waals surface area contributed by atoms with Crippen molar-refractivity contribution in [2.24, 2.45) is 0 Å². The third kappa shape index (κ3) is 4.04. The summed E-state index contributed by atoms with van der Waals surface area (Å²) < 4.78 is 5.43. The maximum atomic E-state index is 10.0. The Morgan fingerprint density at radius 1 is 1.38 bits per heavy atom. The number of nitrogens with zero attached hydrogens (tertiary/aromatic N) is 1. The smallest absolute Gasteiger partial charge is 0.0710 e. The highest BCUT2D eigenvalue weighted by atomic mass is 16.5. The highest BCUT2D eigenvalue weighted by Gasteiger charge is 2.32. The van der Waals surface area contributed by atoms with Crippen LogP contribution in [0.25, 0.3) is 0 Å². The van der Waals surface area contributed by atoms with Gasteiger partial charge in [-0.15, -0.1) is 0 Å². The van der Waals surface area contributed by atoms with Gasteiger partial charge in [0.15, 0.2) is 0 Å². The van der Waals surface area contributed by atoms with E-state index in [1.807, 2.05) is 18.2 Å². The molecule has 4 nitrogen and oxygen atoms in total. The highest BCUT2D eigenvalue weighted by Crippen LogP contribution is 2.26. The Hall–Kier alpha value is -0.940. The zero-order valence-electron chi connectivity index (χ0n) is 13.2. The van der Waals surface area contributed by atoms with Crippen LogP contribution in [-0.2, 0) is 10.3 Å². The number of methoxy groups -OCH3 is 1. The number of nitrogens with one attached hydrogen (secondary N) is 1. The van der Waals surface area contributed by atoms with Crippen LogP contribution in [0.2, 0.25) is 0 Å². The molecule has 1 aliphatic heterocycles. The number of benzene rings is 1. The van der Waals surface area contributed by atoms with Gasteiger partial charge in [0.25, 0.3) is 0 Å². The fourth-order valence-electron chi connectivity index (χ4n) is 3.20. The van der Waals surface area contributed by atoms with Gasteiger partial charge in [-0.3, -0.25) is 0 Å². The van der Waals surface area contributed by atoms with Gasteiger partial charge < -0.3 is 20.1 Å². The second kappa shape index (κ2) is 7.90. The molecule has 2 rings (SSSR count). The molecule has 0 spiro atoms. The second-order valence-electron chi connectivity index (χ2n) is 5.83. The Balaban J connectivity index is 2.03. The fourth-order valence-corrected chi connectivity index (χ4v) is 3.20. The maximum absolute atomic E-state index is 10.0. The first-order chi connectivity index (χ1) is 10.2. The third-order valence-electron chi connectivity index (χ3n) is 4.53. The van der Waals surface area contributed by atoms with Crippen LogP contribution in [0, 0.1) is 0 Å². The summed E-state index contributed by atoms with van der Waals surface area (Å²) in [5.74, 6) is 0. The molecule has 2 unspecified atom stereocenters. The van der Waals surface area contributed by atoms with E-state index in [-0.39, 0.29) is 12.1 Å². The maximum Gasteiger partial charge on any atom is 0.0710 e. The summed E-state index contributed by atoms with van der Waals surface area (Å²) in [4.78, 5) is 2.43. The SMILES string of the molecule is CCNC(CO)(CCN1CCC(OC)C1)c1ccccc1. The zero-order valence-corrected chi connectivity index (χ0v) is 13.2. The Morgan fingerprint density at radius 2 is 2.14 bits per heavy atom. The summed E-state index contributed by atoms with van der Waals surface area (Å²) in [5, 5.41) is 13.5. The standard InChI is InChI=1S/C17H28N2O2/c1-3-18-17(14-20,15-7-5-4-6-8-15)10-12-19-11-9-16(13-19)21-2/h4-8,16,18,20H,3,9-14H2,1-2H3. The van der Waals surface area contributed by atoms with E-state index in [1.165, 1.54) is 0 Å². The topological polar surface area (TPSA) is 44.7 Å². The number of likely N-dealkylation sites (tertiary alicyclic amines) is 1. The molecule has 0 saturated carbocycles. The first kappa shape index (κ1) is 16.4. The van der Waals surface area contributed by atoms with Gasteiger partial charge in [0, 0.05) is 26.7 Å². The van der Waals surface area contributed by atoms with E-state index in [0.29, 0.717) is 6.10 Å². The minimum Gasteiger partial charge on any atom is -0.394 e. The van der Waals surface area contributed by atoms with Crippen LogP contribution in [0.5, 0.6) is 0 Å². The zero-order chi connectivity index (χ0) is 15.1. The van der Waals surface area contributed by atoms with Crippen LogP contribution in [0.4, 0.5) is 0 Å². The van der Waals surface area contributed by atoms with E-state index in [9.17, 15) is 5.11 Å². The molecule has 2 atom stereocenters. The lowest BCUT2D eigenvalue weighted by molar-refractivity contribution is 0.102. The van der Waals surface area contributed by atoms with Gasteiger partial charge >= 0.3 is 0 Å². The molecule has 21 heavy (non-hydrogen) atoms. The van der Waals surface area contributed by atoms with E-state index in [0.717, 1.165) is 44.6 Å². The summed E-state index contributed by atoms with van der Waals surface area (Å²) in [6.45, 7) is 6.11. The number of aliphatic hydroxyl groups is 1. The quantitative estimate of drug-likeness (QED) is 0.764. The predicted molar refractivity (Wildman–Crippen MR) is 85.4 cm³/mol. The van der Waals surface area contributed by atoms with E-state index in [4.69, 9.17) is 4.74 Å². The number of rotatable bonds is 8. The van der Waals surface area contributed by atoms with Crippen LogP contribution >= 0.6 is 0 Å². The van der Waals surface area contributed by atoms with Crippen molar-refractivity contribution < 1.29 is 9.84 Å². The number of aliphatic hydroxyl groups excluding tert-OH is 1. The molecule has 1 aliphatic rings. The van der Waals surface area contributed by atoms with Crippen molar-refractivity contribution in [2.45, 2.75) is 31.4 Å². The number of ether oxygens (including phenoxy) is 1. The van der Waals surface area contributed by atoms with Crippen molar-refractivity contribution in [3.05, 3.63) is 35.9 Å². The molecule has 0 bridgehead atoms. The molecular formula is C17H28N2O2. The largest absolute Gasteiger partial charge is 0.394 e. The predicted octanol–water partition coefficient (Wildman–Crippen LogP) is 1.59. The van der Waals surface area contributed by atoms with Crippen molar-refractivity contribution in [3.63, 3.8) is 0 Å². The van der Waals surface area contributed by atoms with Gasteiger partial charge in [-0.1, -0.05) is 37.3 Å². The lowest BCUT2D eigenvalue weighted by atomic mass is 9.87. The number of likely N-dealkylation sites (N-methyl/N-ethyl adjacent to an activating group) is 1. The van der Waals surface area contributed by atoms with Crippen LogP contribution in [0.3, 0.4) is 0 Å². The number of hydrogen-bond acceptors (Lipinski definition) is 4. The van der Waals surface area contributed by atoms with E-state index >= 15 is 0 Å². The molecular weight excluding hydrogens is 264 g/mol. The normalized spacial score (nSPS) is 22.3. The van der Waals surface area contributed by atoms with Crippen molar-refractivity contribution >= 4 is 0 Å². The van der Waals surface area contributed by atoms with Gasteiger partial charge in [-0.05, 0) is 24.9 Å². The van der Waals surface area contributed by atoms with Gasteiger partial charge in [0.1, 0.15) is 0 Å². The first-order valence-electron chi connectivity index (χ1n) is 7.90. The molecule has 1 fully saturated rings. The molecule has 1 heterocycles. The average molecular weight is 292 g/mol. The Bertz CT molecular complexity index is 413. The molecule has 0 aromatic heterocycles. The Labute approximate surface area is 128 Å². The molecule has 0 amide bonds. The Morgan fingerprint density at radius 3 is 2.71 bits per heavy atom. The van der Waals surface area contributed by atoms with E-state index < -0.39 is 0 Å². The monoisotopic (exact) mass is 292 g/mol. The molecule has 118 valence electrons. The van der Waals surface area contributed by atoms with E-state index in [2.05, 4.69) is 29.3 Å². The van der Waals surface area contributed by atoms with Crippen LogP contribution in [0.15, 0.2) is 30.3 Å². The van der Waals surface area contributed by atoms with Gasteiger partial charge in [-0.25, -0.2) is 0 Å². The van der Waals surface area contributed by atoms with Crippen LogP contribution in [-0.4, -0.2) is 56.0 Å². The van der Waals surface area contributed by atoms with Crippen molar-refractivity contribution in [1.29, 1.82) is 0 Å². The molecule has 4 heteroatoms. The average Bonchev–Trinajstić information content (AvgIpc) is 3.00. The fraction of sp³-hybridized carbons (Fsp3) is 0.647. The van der Waals surface area contributed by atoms with Crippen LogP contribution in [0.1, 0.15) is 25.3 Å². The summed E-state index contributed by atoms with van der Waals surface area (Å²) in [6.07, 6.45) is 2.37. The summed E-state index contributed by atoms with van der Waals surface area (Å²) in [7, 11) is 1.79. The van der Waals surface area contributed by atoms with Crippen molar-refractivity contribution in [2.75, 3.05) is 39.9 Å². The molecule has 1 aromatic carbocycles. The number of hydrogen-bond donors (Lipinski definition) is 2. The van der Waals surface area contributed by atoms with E-state index in [1.54, 1.807) is 7.11 Å². The Kier molecular flexibility index (Phi) is 6.18. The molecule has 0 aliphatic carbocycles. The summed E-state index contributed by atoms with van der Waals surface area (Å²) >= 11 is 0. The minimum absolute atomic E-state index is 0.117. The summed E-state index contributed by atoms with van der Waals surface area (Å²) in [5.41, 5.74) is 0.818. The summed E-state index contributed by atoms with van der Waals surface area (Å²) in [6, 6.07) is 10.3. The lowest BCUT2D eigenvalue weighted by Crippen LogP contribution is -2.47. The molecule has 1 aromatic rings. The van der Waals surface area contributed by atoms with Crippen molar-refractivity contribution in [3.8, 4) is 0 Å².